The van der Waals surface area contributed by atoms with Crippen LogP contribution in [-0.2, 0) is 10.7 Å². The van der Waals surface area contributed by atoms with Crippen molar-refractivity contribution in [1.82, 2.24) is 0 Å². The lowest BCUT2D eigenvalue weighted by Crippen LogP contribution is -2.14. The second-order valence-corrected chi connectivity index (χ2v) is 4.90. The van der Waals surface area contributed by atoms with Crippen LogP contribution in [0, 0.1) is 0 Å². The van der Waals surface area contributed by atoms with Crippen LogP contribution < -0.4 is 9.47 Å². The molecule has 0 saturated heterocycles. The predicted octanol–water partition coefficient (Wildman–Crippen LogP) is 4.09. The first kappa shape index (κ1) is 17.5. The van der Waals surface area contributed by atoms with E-state index in [1.54, 1.807) is 0 Å². The van der Waals surface area contributed by atoms with E-state index in [9.17, 15) is 13.6 Å². The lowest BCUT2D eigenvalue weighted by Gasteiger charge is -2.20. The first-order chi connectivity index (χ1) is 9.81. The number of aliphatic carboxylic acids is 1. The molecule has 0 fully saturated rings. The second-order valence-electron chi connectivity index (χ2n) is 4.49. The van der Waals surface area contributed by atoms with Gasteiger partial charge in [-0.1, -0.05) is 11.6 Å². The molecule has 0 aliphatic heterocycles. The molecule has 7 heteroatoms. The summed E-state index contributed by atoms with van der Waals surface area (Å²) in [5, 5.41) is 8.38. The van der Waals surface area contributed by atoms with E-state index in [-0.39, 0.29) is 41.3 Å². The molecule has 1 aromatic carbocycles. The zero-order valence-corrected chi connectivity index (χ0v) is 12.5. The number of ether oxygens (including phenoxy) is 2. The van der Waals surface area contributed by atoms with Gasteiger partial charge < -0.3 is 14.6 Å². The molecule has 0 aliphatic rings. The van der Waals surface area contributed by atoms with Crippen molar-refractivity contribution in [3.63, 3.8) is 0 Å². The summed E-state index contributed by atoms with van der Waals surface area (Å²) in [5.74, 6) is -3.72. The van der Waals surface area contributed by atoms with E-state index in [1.165, 1.54) is 20.3 Å². The van der Waals surface area contributed by atoms with Crippen LogP contribution in [0.5, 0.6) is 11.5 Å². The average Bonchev–Trinajstić information content (AvgIpc) is 2.42. The zero-order chi connectivity index (χ0) is 16.0. The summed E-state index contributed by atoms with van der Waals surface area (Å²) in [6, 6.07) is 2.43. The van der Waals surface area contributed by atoms with Crippen LogP contribution in [0.1, 0.15) is 31.2 Å². The summed E-state index contributed by atoms with van der Waals surface area (Å²) in [6.45, 7) is 0. The van der Waals surface area contributed by atoms with Gasteiger partial charge in [0.15, 0.2) is 11.5 Å². The van der Waals surface area contributed by atoms with Gasteiger partial charge in [-0.15, -0.1) is 0 Å². The van der Waals surface area contributed by atoms with Gasteiger partial charge in [-0.3, -0.25) is 4.79 Å². The minimum absolute atomic E-state index is 0.0873. The minimum atomic E-state index is -3.16. The van der Waals surface area contributed by atoms with Crippen LogP contribution in [0.3, 0.4) is 0 Å². The Kier molecular flexibility index (Phi) is 6.20. The quantitative estimate of drug-likeness (QED) is 0.732. The number of alkyl halides is 2. The van der Waals surface area contributed by atoms with E-state index in [4.69, 9.17) is 26.2 Å². The number of methoxy groups -OCH3 is 2. The molecule has 0 bridgehead atoms. The van der Waals surface area contributed by atoms with Crippen molar-refractivity contribution >= 4 is 17.6 Å². The molecule has 1 N–H and O–H groups in total. The maximum absolute atomic E-state index is 14.2. The van der Waals surface area contributed by atoms with E-state index in [0.29, 0.717) is 0 Å². The maximum atomic E-state index is 14.2. The number of benzene rings is 1. The van der Waals surface area contributed by atoms with Gasteiger partial charge in [-0.25, -0.2) is 8.78 Å². The molecule has 0 saturated carbocycles. The topological polar surface area (TPSA) is 55.8 Å². The summed E-state index contributed by atoms with van der Waals surface area (Å²) in [4.78, 5) is 10.4. The van der Waals surface area contributed by atoms with Gasteiger partial charge in [0.1, 0.15) is 0 Å². The minimum Gasteiger partial charge on any atom is -0.493 e. The lowest BCUT2D eigenvalue weighted by atomic mass is 10.0. The Bertz CT molecular complexity index is 506. The van der Waals surface area contributed by atoms with Gasteiger partial charge in [0.2, 0.25) is 0 Å². The number of carboxylic acids is 1. The van der Waals surface area contributed by atoms with Gasteiger partial charge in [-0.2, -0.15) is 0 Å². The van der Waals surface area contributed by atoms with Crippen LogP contribution in [0.15, 0.2) is 12.1 Å². The van der Waals surface area contributed by atoms with Gasteiger partial charge >= 0.3 is 5.97 Å². The molecule has 0 spiro atoms. The van der Waals surface area contributed by atoms with E-state index in [2.05, 4.69) is 0 Å². The number of hydrogen-bond acceptors (Lipinski definition) is 3. The Morgan fingerprint density at radius 2 is 1.81 bits per heavy atom. The van der Waals surface area contributed by atoms with E-state index in [1.807, 2.05) is 0 Å². The number of hydrogen-bond donors (Lipinski definition) is 1. The molecule has 21 heavy (non-hydrogen) atoms. The average molecular weight is 323 g/mol. The molecular weight excluding hydrogens is 306 g/mol. The normalized spacial score (nSPS) is 11.3. The maximum Gasteiger partial charge on any atom is 0.303 e. The Balaban J connectivity index is 2.88. The molecule has 118 valence electrons. The second kappa shape index (κ2) is 7.45. The summed E-state index contributed by atoms with van der Waals surface area (Å²) >= 11 is 5.88. The first-order valence-electron chi connectivity index (χ1n) is 6.33. The largest absolute Gasteiger partial charge is 0.493 e. The Morgan fingerprint density at radius 3 is 2.33 bits per heavy atom. The number of unbranched alkanes of at least 4 members (excludes halogenated alkanes) is 1. The molecule has 0 radical (unpaired) electrons. The van der Waals surface area contributed by atoms with Crippen molar-refractivity contribution in [2.24, 2.45) is 0 Å². The zero-order valence-electron chi connectivity index (χ0n) is 11.8. The standard InChI is InChI=1S/C14H17ClF2O4/c1-20-11-7-9(10(15)8-12(11)21-2)14(16,17)6-4-3-5-13(18)19/h7-8H,3-6H2,1-2H3,(H,18,19). The highest BCUT2D eigenvalue weighted by atomic mass is 35.5. The number of carbonyl (C=O) groups is 1. The van der Waals surface area contributed by atoms with Gasteiger partial charge in [-0.05, 0) is 18.9 Å². The van der Waals surface area contributed by atoms with Crippen molar-refractivity contribution < 1.29 is 28.2 Å². The smallest absolute Gasteiger partial charge is 0.303 e. The van der Waals surface area contributed by atoms with Crippen LogP contribution in [0.4, 0.5) is 8.78 Å². The lowest BCUT2D eigenvalue weighted by molar-refractivity contribution is -0.137. The summed E-state index contributed by atoms with van der Waals surface area (Å²) in [6.07, 6.45) is -0.328. The molecule has 0 heterocycles. The number of carboxylic acid groups (broad SMARTS) is 1. The van der Waals surface area contributed by atoms with E-state index in [0.717, 1.165) is 6.07 Å². The van der Waals surface area contributed by atoms with Gasteiger partial charge in [0.25, 0.3) is 5.92 Å². The van der Waals surface area contributed by atoms with Gasteiger partial charge in [0, 0.05) is 24.5 Å². The van der Waals surface area contributed by atoms with Crippen LogP contribution in [0.25, 0.3) is 0 Å². The fourth-order valence-corrected chi connectivity index (χ4v) is 2.18. The highest BCUT2D eigenvalue weighted by Gasteiger charge is 2.34. The van der Waals surface area contributed by atoms with Crippen molar-refractivity contribution in [3.8, 4) is 11.5 Å². The van der Waals surface area contributed by atoms with Crippen LogP contribution >= 0.6 is 11.6 Å². The molecule has 0 unspecified atom stereocenters. The highest BCUT2D eigenvalue weighted by molar-refractivity contribution is 6.31. The molecule has 4 nitrogen and oxygen atoms in total. The van der Waals surface area contributed by atoms with Crippen LogP contribution in [0.2, 0.25) is 5.02 Å². The number of rotatable bonds is 8. The van der Waals surface area contributed by atoms with Gasteiger partial charge in [0.05, 0.1) is 19.2 Å². The molecular formula is C14H17ClF2O4. The molecule has 1 rings (SSSR count). The predicted molar refractivity (Wildman–Crippen MR) is 74.6 cm³/mol. The van der Waals surface area contributed by atoms with Crippen molar-refractivity contribution in [2.45, 2.75) is 31.6 Å². The number of halogens is 3. The summed E-state index contributed by atoms with van der Waals surface area (Å²) < 4.78 is 38.3. The summed E-state index contributed by atoms with van der Waals surface area (Å²) in [5.41, 5.74) is -0.350. The molecule has 0 amide bonds. The van der Waals surface area contributed by atoms with E-state index >= 15 is 0 Å². The Morgan fingerprint density at radius 1 is 1.24 bits per heavy atom. The first-order valence-corrected chi connectivity index (χ1v) is 6.71. The van der Waals surface area contributed by atoms with E-state index < -0.39 is 18.3 Å². The molecule has 0 aromatic heterocycles. The monoisotopic (exact) mass is 322 g/mol. The summed E-state index contributed by atoms with van der Waals surface area (Å²) in [7, 11) is 2.73. The third kappa shape index (κ3) is 4.74. The fraction of sp³-hybridized carbons (Fsp3) is 0.500. The fourth-order valence-electron chi connectivity index (χ4n) is 1.89. The van der Waals surface area contributed by atoms with Crippen molar-refractivity contribution in [3.05, 3.63) is 22.7 Å². The highest BCUT2D eigenvalue weighted by Crippen LogP contribution is 2.42. The SMILES string of the molecule is COc1cc(Cl)c(C(F)(F)CCCCC(=O)O)cc1OC. The van der Waals surface area contributed by atoms with Crippen molar-refractivity contribution in [1.29, 1.82) is 0 Å². The molecule has 0 atom stereocenters. The van der Waals surface area contributed by atoms with Crippen LogP contribution in [-0.4, -0.2) is 25.3 Å². The molecule has 0 aliphatic carbocycles. The molecule has 1 aromatic rings. The Hall–Kier alpha value is -1.56. The third-order valence-corrected chi connectivity index (χ3v) is 3.31. The van der Waals surface area contributed by atoms with Crippen molar-refractivity contribution in [2.75, 3.05) is 14.2 Å². The Labute approximate surface area is 126 Å². The third-order valence-electron chi connectivity index (χ3n) is 3.00.